The molecule has 0 N–H and O–H groups in total. The number of benzene rings is 2. The standard InChI is InChI=1S/C22H21NO5/c1-2-3-6-15-9-11-16(12-10-15)19(24)14-28-20(25)13-23-21(26)17-7-4-5-8-18(17)22(23)27/h4-5,7-12H,2-3,6,13-14H2,1H3. The van der Waals surface area contributed by atoms with Crippen LogP contribution in [0.5, 0.6) is 0 Å². The number of aryl methyl sites for hydroxylation is 1. The molecular weight excluding hydrogens is 358 g/mol. The zero-order chi connectivity index (χ0) is 20.1. The van der Waals surface area contributed by atoms with Gasteiger partial charge in [0.25, 0.3) is 11.8 Å². The molecule has 1 aliphatic heterocycles. The lowest BCUT2D eigenvalue weighted by Crippen LogP contribution is -2.36. The maximum absolute atomic E-state index is 12.2. The van der Waals surface area contributed by atoms with Gasteiger partial charge < -0.3 is 4.74 Å². The minimum absolute atomic E-state index is 0.263. The number of ketones is 1. The summed E-state index contributed by atoms with van der Waals surface area (Å²) in [5.41, 5.74) is 2.13. The molecule has 0 aromatic heterocycles. The summed E-state index contributed by atoms with van der Waals surface area (Å²) in [5, 5.41) is 0. The highest BCUT2D eigenvalue weighted by Gasteiger charge is 2.36. The molecule has 0 spiro atoms. The molecule has 0 radical (unpaired) electrons. The quantitative estimate of drug-likeness (QED) is 0.400. The Morgan fingerprint density at radius 2 is 1.54 bits per heavy atom. The van der Waals surface area contributed by atoms with Crippen molar-refractivity contribution in [3.63, 3.8) is 0 Å². The Balaban J connectivity index is 1.53. The third kappa shape index (κ3) is 4.17. The van der Waals surface area contributed by atoms with Crippen molar-refractivity contribution in [3.05, 3.63) is 70.8 Å². The van der Waals surface area contributed by atoms with Crippen molar-refractivity contribution in [2.45, 2.75) is 26.2 Å². The minimum Gasteiger partial charge on any atom is -0.456 e. The lowest BCUT2D eigenvalue weighted by molar-refractivity contribution is -0.142. The Bertz CT molecular complexity index is 882. The molecule has 0 aliphatic carbocycles. The molecule has 0 saturated carbocycles. The van der Waals surface area contributed by atoms with Gasteiger partial charge in [0, 0.05) is 5.56 Å². The van der Waals surface area contributed by atoms with Gasteiger partial charge in [0.2, 0.25) is 0 Å². The number of unbranched alkanes of at least 4 members (excludes halogenated alkanes) is 1. The molecule has 6 nitrogen and oxygen atoms in total. The number of hydrogen-bond acceptors (Lipinski definition) is 5. The Labute approximate surface area is 163 Å². The topological polar surface area (TPSA) is 80.8 Å². The average Bonchev–Trinajstić information content (AvgIpc) is 2.96. The Hall–Kier alpha value is -3.28. The van der Waals surface area contributed by atoms with Crippen LogP contribution < -0.4 is 0 Å². The second-order valence-corrected chi connectivity index (χ2v) is 6.63. The van der Waals surface area contributed by atoms with E-state index in [-0.39, 0.29) is 16.9 Å². The number of fused-ring (bicyclic) bond motifs is 1. The van der Waals surface area contributed by atoms with Crippen LogP contribution in [0.1, 0.15) is 56.4 Å². The fourth-order valence-electron chi connectivity index (χ4n) is 3.03. The van der Waals surface area contributed by atoms with Crippen molar-refractivity contribution >= 4 is 23.6 Å². The largest absolute Gasteiger partial charge is 0.456 e. The van der Waals surface area contributed by atoms with Crippen molar-refractivity contribution in [1.82, 2.24) is 4.90 Å². The number of imide groups is 1. The molecule has 144 valence electrons. The molecule has 2 aromatic carbocycles. The third-order valence-electron chi connectivity index (χ3n) is 4.62. The Morgan fingerprint density at radius 1 is 0.929 bits per heavy atom. The van der Waals surface area contributed by atoms with Crippen molar-refractivity contribution in [2.75, 3.05) is 13.2 Å². The summed E-state index contributed by atoms with van der Waals surface area (Å²) in [7, 11) is 0. The number of Topliss-reactive ketones (excluding diaryl/α,β-unsaturated/α-hetero) is 1. The average molecular weight is 379 g/mol. The summed E-state index contributed by atoms with van der Waals surface area (Å²) in [4.78, 5) is 49.5. The molecule has 1 heterocycles. The van der Waals surface area contributed by atoms with Crippen LogP contribution in [0.3, 0.4) is 0 Å². The van der Waals surface area contributed by atoms with Crippen LogP contribution in [0.4, 0.5) is 0 Å². The maximum atomic E-state index is 12.2. The molecule has 1 aliphatic rings. The fourth-order valence-corrected chi connectivity index (χ4v) is 3.03. The predicted octanol–water partition coefficient (Wildman–Crippen LogP) is 3.05. The van der Waals surface area contributed by atoms with Gasteiger partial charge in [-0.3, -0.25) is 24.1 Å². The molecule has 28 heavy (non-hydrogen) atoms. The van der Waals surface area contributed by atoms with E-state index in [1.807, 2.05) is 12.1 Å². The van der Waals surface area contributed by atoms with Gasteiger partial charge in [-0.25, -0.2) is 0 Å². The summed E-state index contributed by atoms with van der Waals surface area (Å²) in [6.45, 7) is 1.17. The van der Waals surface area contributed by atoms with Crippen LogP contribution in [0.2, 0.25) is 0 Å². The summed E-state index contributed by atoms with van der Waals surface area (Å²) in [6.07, 6.45) is 3.15. The van der Waals surface area contributed by atoms with Crippen LogP contribution in [-0.2, 0) is 16.0 Å². The molecule has 0 saturated heterocycles. The van der Waals surface area contributed by atoms with E-state index in [2.05, 4.69) is 6.92 Å². The first-order valence-corrected chi connectivity index (χ1v) is 9.24. The van der Waals surface area contributed by atoms with Gasteiger partial charge in [0.05, 0.1) is 11.1 Å². The van der Waals surface area contributed by atoms with E-state index < -0.39 is 30.9 Å². The number of carbonyl (C=O) groups excluding carboxylic acids is 4. The van der Waals surface area contributed by atoms with E-state index >= 15 is 0 Å². The monoisotopic (exact) mass is 379 g/mol. The highest BCUT2D eigenvalue weighted by molar-refractivity contribution is 6.22. The van der Waals surface area contributed by atoms with Crippen LogP contribution in [0.15, 0.2) is 48.5 Å². The molecule has 0 bridgehead atoms. The second-order valence-electron chi connectivity index (χ2n) is 6.63. The van der Waals surface area contributed by atoms with E-state index in [4.69, 9.17) is 4.74 Å². The van der Waals surface area contributed by atoms with Crippen molar-refractivity contribution < 1.29 is 23.9 Å². The van der Waals surface area contributed by atoms with Gasteiger partial charge in [-0.1, -0.05) is 49.7 Å². The van der Waals surface area contributed by atoms with E-state index in [1.165, 1.54) is 12.1 Å². The van der Waals surface area contributed by atoms with Crippen LogP contribution in [-0.4, -0.2) is 41.6 Å². The number of amides is 2. The number of hydrogen-bond donors (Lipinski definition) is 0. The molecule has 2 amide bonds. The molecule has 2 aromatic rings. The van der Waals surface area contributed by atoms with Crippen molar-refractivity contribution in [2.24, 2.45) is 0 Å². The van der Waals surface area contributed by atoms with Crippen LogP contribution >= 0.6 is 0 Å². The van der Waals surface area contributed by atoms with Gasteiger partial charge in [0.1, 0.15) is 6.54 Å². The van der Waals surface area contributed by atoms with Crippen LogP contribution in [0, 0.1) is 0 Å². The number of ether oxygens (including phenoxy) is 1. The molecule has 0 fully saturated rings. The van der Waals surface area contributed by atoms with E-state index in [1.54, 1.807) is 24.3 Å². The number of rotatable bonds is 8. The molecular formula is C22H21NO5. The number of esters is 1. The highest BCUT2D eigenvalue weighted by atomic mass is 16.5. The first kappa shape index (κ1) is 19.5. The van der Waals surface area contributed by atoms with Crippen molar-refractivity contribution in [1.29, 1.82) is 0 Å². The molecule has 0 atom stereocenters. The normalized spacial score (nSPS) is 12.8. The van der Waals surface area contributed by atoms with Gasteiger partial charge in [-0.2, -0.15) is 0 Å². The fraction of sp³-hybridized carbons (Fsp3) is 0.273. The summed E-state index contributed by atoms with van der Waals surface area (Å²) in [6, 6.07) is 13.6. The van der Waals surface area contributed by atoms with Crippen LogP contribution in [0.25, 0.3) is 0 Å². The zero-order valence-electron chi connectivity index (χ0n) is 15.6. The Morgan fingerprint density at radius 3 is 2.11 bits per heavy atom. The first-order chi connectivity index (χ1) is 13.5. The number of nitrogens with zero attached hydrogens (tertiary/aromatic N) is 1. The highest BCUT2D eigenvalue weighted by Crippen LogP contribution is 2.22. The van der Waals surface area contributed by atoms with E-state index in [0.717, 1.165) is 29.7 Å². The van der Waals surface area contributed by atoms with Gasteiger partial charge in [0.15, 0.2) is 12.4 Å². The molecule has 6 heteroatoms. The molecule has 3 rings (SSSR count). The smallest absolute Gasteiger partial charge is 0.326 e. The van der Waals surface area contributed by atoms with Crippen molar-refractivity contribution in [3.8, 4) is 0 Å². The van der Waals surface area contributed by atoms with Gasteiger partial charge in [-0.05, 0) is 30.5 Å². The predicted molar refractivity (Wildman–Crippen MR) is 102 cm³/mol. The summed E-state index contributed by atoms with van der Waals surface area (Å²) in [5.74, 6) is -2.21. The van der Waals surface area contributed by atoms with Gasteiger partial charge >= 0.3 is 5.97 Å². The lowest BCUT2D eigenvalue weighted by atomic mass is 10.0. The second kappa shape index (κ2) is 8.61. The summed E-state index contributed by atoms with van der Waals surface area (Å²) >= 11 is 0. The first-order valence-electron chi connectivity index (χ1n) is 9.24. The Kier molecular flexibility index (Phi) is 5.99. The SMILES string of the molecule is CCCCc1ccc(C(=O)COC(=O)CN2C(=O)c3ccccc3C2=O)cc1. The summed E-state index contributed by atoms with van der Waals surface area (Å²) < 4.78 is 4.98. The zero-order valence-corrected chi connectivity index (χ0v) is 15.6. The minimum atomic E-state index is -0.803. The maximum Gasteiger partial charge on any atom is 0.326 e. The third-order valence-corrected chi connectivity index (χ3v) is 4.62. The van der Waals surface area contributed by atoms with Gasteiger partial charge in [-0.15, -0.1) is 0 Å². The van der Waals surface area contributed by atoms with E-state index in [9.17, 15) is 19.2 Å². The lowest BCUT2D eigenvalue weighted by Gasteiger charge is -2.12. The van der Waals surface area contributed by atoms with E-state index in [0.29, 0.717) is 5.56 Å². The number of carbonyl (C=O) groups is 4. The molecule has 0 unspecified atom stereocenters.